The molecule has 11 heavy (non-hydrogen) atoms. The van der Waals surface area contributed by atoms with Crippen LogP contribution in [0.3, 0.4) is 0 Å². The molecule has 0 aromatic heterocycles. The zero-order valence-corrected chi connectivity index (χ0v) is 6.73. The van der Waals surface area contributed by atoms with Crippen LogP contribution in [-0.2, 0) is 6.54 Å². The van der Waals surface area contributed by atoms with Gasteiger partial charge in [-0.3, -0.25) is 0 Å². The molecule has 0 amide bonds. The van der Waals surface area contributed by atoms with E-state index in [1.807, 2.05) is 12.1 Å². The maximum atomic E-state index is 5.54. The molecular weight excluding hydrogens is 162 g/mol. The van der Waals surface area contributed by atoms with Crippen molar-refractivity contribution >= 4 is 23.2 Å². The lowest BCUT2D eigenvalue weighted by molar-refractivity contribution is 0.965. The van der Waals surface area contributed by atoms with Crippen molar-refractivity contribution in [1.82, 2.24) is 4.84 Å². The topological polar surface area (TPSA) is 64.1 Å². The number of benzene rings is 1. The van der Waals surface area contributed by atoms with Gasteiger partial charge in [-0.15, -0.1) is 0 Å². The third kappa shape index (κ3) is 2.29. The van der Waals surface area contributed by atoms with Crippen molar-refractivity contribution in [3.05, 3.63) is 23.8 Å². The quantitative estimate of drug-likeness (QED) is 0.461. The van der Waals surface area contributed by atoms with Crippen LogP contribution >= 0.6 is 11.8 Å². The molecule has 0 radical (unpaired) electrons. The van der Waals surface area contributed by atoms with Gasteiger partial charge in [0.2, 0.25) is 0 Å². The summed E-state index contributed by atoms with van der Waals surface area (Å²) in [5.74, 6) is 0. The van der Waals surface area contributed by atoms with Crippen molar-refractivity contribution in [2.75, 3.05) is 11.5 Å². The highest BCUT2D eigenvalue weighted by molar-refractivity contribution is 6.13. The van der Waals surface area contributed by atoms with Crippen molar-refractivity contribution in [1.29, 1.82) is 0 Å². The Hall–Kier alpha value is -0.930. The maximum absolute atomic E-state index is 5.54. The third-order valence-corrected chi connectivity index (χ3v) is 1.44. The fourth-order valence-electron chi connectivity index (χ4n) is 0.925. The van der Waals surface area contributed by atoms with Gasteiger partial charge in [-0.05, 0) is 35.5 Å². The monoisotopic (exact) mass is 171 g/mol. The van der Waals surface area contributed by atoms with E-state index in [1.54, 1.807) is 6.07 Å². The molecule has 60 valence electrons. The average molecular weight is 172 g/mol. The Labute approximate surface area is 70.4 Å². The van der Waals surface area contributed by atoms with Crippen LogP contribution in [0.5, 0.6) is 0 Å². The molecule has 0 saturated carbocycles. The summed E-state index contributed by atoms with van der Waals surface area (Å²) in [6.45, 7) is 0.566. The van der Waals surface area contributed by atoms with Crippen LogP contribution in [0.15, 0.2) is 18.2 Å². The Kier molecular flexibility index (Phi) is 2.57. The number of nitrogen functional groups attached to an aromatic ring is 2. The Balaban J connectivity index is 2.89. The molecule has 0 unspecified atom stereocenters. The minimum Gasteiger partial charge on any atom is -0.399 e. The van der Waals surface area contributed by atoms with Crippen LogP contribution in [0, 0.1) is 0 Å². The lowest BCUT2D eigenvalue weighted by Gasteiger charge is -2.01. The van der Waals surface area contributed by atoms with Gasteiger partial charge in [-0.25, -0.2) is 4.84 Å². The van der Waals surface area contributed by atoms with E-state index < -0.39 is 0 Å². The van der Waals surface area contributed by atoms with Gasteiger partial charge in [0.1, 0.15) is 0 Å². The normalized spacial score (nSPS) is 9.91. The number of rotatable bonds is 2. The highest BCUT2D eigenvalue weighted by atomic mass is 35.5. The molecule has 1 rings (SSSR count). The van der Waals surface area contributed by atoms with Crippen molar-refractivity contribution < 1.29 is 0 Å². The first-order valence-electron chi connectivity index (χ1n) is 3.21. The first-order chi connectivity index (χ1) is 5.22. The van der Waals surface area contributed by atoms with Crippen molar-refractivity contribution in [2.45, 2.75) is 6.54 Å². The molecule has 0 aliphatic rings. The molecule has 0 atom stereocenters. The lowest BCUT2D eigenvalue weighted by Crippen LogP contribution is -2.00. The Morgan fingerprint density at radius 2 is 1.73 bits per heavy atom. The summed E-state index contributed by atoms with van der Waals surface area (Å²) in [7, 11) is 0. The van der Waals surface area contributed by atoms with Crippen LogP contribution in [0.4, 0.5) is 11.4 Å². The van der Waals surface area contributed by atoms with Crippen LogP contribution in [0.25, 0.3) is 0 Å². The Morgan fingerprint density at radius 1 is 1.18 bits per heavy atom. The minimum atomic E-state index is 0.566. The molecule has 1 aromatic rings. The predicted molar refractivity (Wildman–Crippen MR) is 48.0 cm³/mol. The van der Waals surface area contributed by atoms with E-state index >= 15 is 0 Å². The van der Waals surface area contributed by atoms with Gasteiger partial charge in [0.05, 0.1) is 0 Å². The zero-order valence-electron chi connectivity index (χ0n) is 5.97. The number of nitrogens with two attached hydrogens (primary N) is 2. The number of nitrogens with one attached hydrogen (secondary N) is 1. The average Bonchev–Trinajstić information content (AvgIpc) is 1.85. The molecular formula is C7H10ClN3. The highest BCUT2D eigenvalue weighted by Crippen LogP contribution is 2.13. The summed E-state index contributed by atoms with van der Waals surface area (Å²) in [6.07, 6.45) is 0. The van der Waals surface area contributed by atoms with Crippen LogP contribution in [-0.4, -0.2) is 0 Å². The fraction of sp³-hybridized carbons (Fsp3) is 0.143. The lowest BCUT2D eigenvalue weighted by atomic mass is 10.2. The third-order valence-electron chi connectivity index (χ3n) is 1.31. The fourth-order valence-corrected chi connectivity index (χ4v) is 1.08. The van der Waals surface area contributed by atoms with Gasteiger partial charge in [0, 0.05) is 17.9 Å². The van der Waals surface area contributed by atoms with E-state index in [1.165, 1.54) is 0 Å². The van der Waals surface area contributed by atoms with Crippen molar-refractivity contribution in [3.8, 4) is 0 Å². The zero-order chi connectivity index (χ0) is 8.27. The molecule has 5 N–H and O–H groups in total. The summed E-state index contributed by atoms with van der Waals surface area (Å²) < 4.78 is 0. The second-order valence-electron chi connectivity index (χ2n) is 2.32. The molecule has 1 aromatic carbocycles. The van der Waals surface area contributed by atoms with Gasteiger partial charge >= 0.3 is 0 Å². The summed E-state index contributed by atoms with van der Waals surface area (Å²) >= 11 is 5.31. The first kappa shape index (κ1) is 8.17. The van der Waals surface area contributed by atoms with Gasteiger partial charge in [-0.2, -0.15) is 0 Å². The maximum Gasteiger partial charge on any atom is 0.0360 e. The first-order valence-corrected chi connectivity index (χ1v) is 3.58. The summed E-state index contributed by atoms with van der Waals surface area (Å²) in [6, 6.07) is 5.36. The molecule has 0 heterocycles. The second-order valence-corrected chi connectivity index (χ2v) is 2.59. The van der Waals surface area contributed by atoms with E-state index in [9.17, 15) is 0 Å². The van der Waals surface area contributed by atoms with Gasteiger partial charge < -0.3 is 11.5 Å². The number of hydrogen-bond donors (Lipinski definition) is 3. The number of halogens is 1. The molecule has 4 heteroatoms. The van der Waals surface area contributed by atoms with E-state index in [2.05, 4.69) is 4.84 Å². The van der Waals surface area contributed by atoms with Crippen LogP contribution in [0.1, 0.15) is 5.56 Å². The molecule has 0 aliphatic heterocycles. The van der Waals surface area contributed by atoms with Gasteiger partial charge in [0.15, 0.2) is 0 Å². The van der Waals surface area contributed by atoms with Crippen molar-refractivity contribution in [3.63, 3.8) is 0 Å². The van der Waals surface area contributed by atoms with Gasteiger partial charge in [-0.1, -0.05) is 0 Å². The van der Waals surface area contributed by atoms with Crippen molar-refractivity contribution in [2.24, 2.45) is 0 Å². The van der Waals surface area contributed by atoms with E-state index in [4.69, 9.17) is 23.2 Å². The highest BCUT2D eigenvalue weighted by Gasteiger charge is 1.94. The SMILES string of the molecule is Nc1cc(N)cc(CNCl)c1. The van der Waals surface area contributed by atoms with E-state index in [0.717, 1.165) is 5.56 Å². The van der Waals surface area contributed by atoms with Gasteiger partial charge in [0.25, 0.3) is 0 Å². The van der Waals surface area contributed by atoms with E-state index in [-0.39, 0.29) is 0 Å². The molecule has 0 aliphatic carbocycles. The molecule has 0 saturated heterocycles. The second kappa shape index (κ2) is 3.46. The standard InChI is InChI=1S/C7H10ClN3/c8-11-4-5-1-6(9)3-7(10)2-5/h1-3,11H,4,9-10H2. The summed E-state index contributed by atoms with van der Waals surface area (Å²) in [4.78, 5) is 2.50. The largest absolute Gasteiger partial charge is 0.399 e. The Bertz CT molecular complexity index is 229. The molecule has 3 nitrogen and oxygen atoms in total. The van der Waals surface area contributed by atoms with E-state index in [0.29, 0.717) is 17.9 Å². The number of hydrogen-bond acceptors (Lipinski definition) is 3. The molecule has 0 spiro atoms. The predicted octanol–water partition coefficient (Wildman–Crippen LogP) is 1.09. The molecule has 0 fully saturated rings. The summed E-state index contributed by atoms with van der Waals surface area (Å²) in [5.41, 5.74) is 13.4. The molecule has 0 bridgehead atoms. The summed E-state index contributed by atoms with van der Waals surface area (Å²) in [5, 5.41) is 0. The van der Waals surface area contributed by atoms with Crippen LogP contribution < -0.4 is 16.3 Å². The van der Waals surface area contributed by atoms with Crippen LogP contribution in [0.2, 0.25) is 0 Å². The minimum absolute atomic E-state index is 0.566. The Morgan fingerprint density at radius 3 is 2.18 bits per heavy atom. The smallest absolute Gasteiger partial charge is 0.0360 e. The number of anilines is 2.